The Morgan fingerprint density at radius 3 is 2.75 bits per heavy atom. The number of aliphatic hydroxyl groups excluding tert-OH is 1. The molecule has 0 aliphatic carbocycles. The first kappa shape index (κ1) is 18.9. The smallest absolute Gasteiger partial charge is 0.313 e. The van der Waals surface area contributed by atoms with E-state index in [-0.39, 0.29) is 0 Å². The summed E-state index contributed by atoms with van der Waals surface area (Å²) in [6.45, 7) is 9.94. The van der Waals surface area contributed by atoms with Crippen molar-refractivity contribution in [2.45, 2.75) is 66.0 Å². The van der Waals surface area contributed by atoms with Gasteiger partial charge in [0, 0.05) is 31.7 Å². The molecule has 6 heteroatoms. The number of nitrogens with one attached hydrogen (secondary N) is 1. The second kappa shape index (κ2) is 7.66. The topological polar surface area (TPSA) is 89.4 Å². The molecule has 0 bridgehead atoms. The Balaban J connectivity index is 2.15. The highest BCUT2D eigenvalue weighted by Gasteiger charge is 2.48. The van der Waals surface area contributed by atoms with E-state index < -0.39 is 17.5 Å². The van der Waals surface area contributed by atoms with Gasteiger partial charge in [0.2, 0.25) is 0 Å². The van der Waals surface area contributed by atoms with Crippen molar-refractivity contribution in [2.75, 3.05) is 13.1 Å². The minimum Gasteiger partial charge on any atom is -0.481 e. The Morgan fingerprint density at radius 1 is 1.50 bits per heavy atom. The highest BCUT2D eigenvalue weighted by atomic mass is 16.4. The Morgan fingerprint density at radius 2 is 2.21 bits per heavy atom. The molecule has 1 aliphatic heterocycles. The third kappa shape index (κ3) is 3.98. The number of carboxylic acids is 1. The van der Waals surface area contributed by atoms with E-state index in [0.29, 0.717) is 38.4 Å². The van der Waals surface area contributed by atoms with Gasteiger partial charge in [0.05, 0.1) is 11.8 Å². The predicted molar refractivity (Wildman–Crippen MR) is 92.7 cm³/mol. The van der Waals surface area contributed by atoms with Crippen LogP contribution in [0.2, 0.25) is 0 Å². The molecule has 1 saturated heterocycles. The molecule has 2 heterocycles. The van der Waals surface area contributed by atoms with Crippen LogP contribution in [0.1, 0.15) is 57.2 Å². The molecule has 1 aromatic rings. The molecule has 0 radical (unpaired) electrons. The Bertz CT molecular complexity index is 570. The van der Waals surface area contributed by atoms with Gasteiger partial charge in [-0.3, -0.25) is 9.69 Å². The lowest BCUT2D eigenvalue weighted by atomic mass is 9.72. The van der Waals surface area contributed by atoms with E-state index in [1.165, 1.54) is 0 Å². The summed E-state index contributed by atoms with van der Waals surface area (Å²) >= 11 is 0. The van der Waals surface area contributed by atoms with Crippen LogP contribution in [0.5, 0.6) is 0 Å². The number of aryl methyl sites for hydroxylation is 2. The Kier molecular flexibility index (Phi) is 6.04. The van der Waals surface area contributed by atoms with E-state index in [2.05, 4.69) is 35.6 Å². The molecule has 2 atom stereocenters. The molecule has 0 amide bonds. The highest BCUT2D eigenvalue weighted by Crippen LogP contribution is 2.37. The van der Waals surface area contributed by atoms with Gasteiger partial charge in [0.1, 0.15) is 11.2 Å². The van der Waals surface area contributed by atoms with Gasteiger partial charge in [-0.15, -0.1) is 0 Å². The van der Waals surface area contributed by atoms with E-state index in [1.54, 1.807) is 0 Å². The fraction of sp³-hybridized carbons (Fsp3) is 0.778. The zero-order valence-electron chi connectivity index (χ0n) is 15.3. The molecule has 1 aromatic heterocycles. The lowest BCUT2D eigenvalue weighted by molar-refractivity contribution is -0.165. The maximum Gasteiger partial charge on any atom is 0.313 e. The molecule has 1 fully saturated rings. The third-order valence-corrected chi connectivity index (χ3v) is 5.20. The average Bonchev–Trinajstić information content (AvgIpc) is 2.87. The van der Waals surface area contributed by atoms with Crippen LogP contribution in [0.15, 0.2) is 0 Å². The van der Waals surface area contributed by atoms with Gasteiger partial charge in [-0.2, -0.15) is 0 Å². The van der Waals surface area contributed by atoms with Crippen molar-refractivity contribution < 1.29 is 15.0 Å². The lowest BCUT2D eigenvalue weighted by Crippen LogP contribution is -2.55. The van der Waals surface area contributed by atoms with Crippen molar-refractivity contribution >= 4 is 5.97 Å². The van der Waals surface area contributed by atoms with E-state index in [9.17, 15) is 15.0 Å². The number of carbonyl (C=O) groups is 1. The molecule has 24 heavy (non-hydrogen) atoms. The largest absolute Gasteiger partial charge is 0.481 e. The number of aliphatic carboxylic acids is 1. The van der Waals surface area contributed by atoms with Gasteiger partial charge in [-0.25, -0.2) is 4.98 Å². The van der Waals surface area contributed by atoms with Gasteiger partial charge < -0.3 is 15.2 Å². The van der Waals surface area contributed by atoms with Crippen LogP contribution in [0.25, 0.3) is 0 Å². The standard InChI is InChI=1S/C18H31N3O3/c1-5-16-19-13(4)14(20-16)10-21-9-7-15(22)18(11-21,17(23)24)8-6-12(2)3/h12,15,22H,5-11H2,1-4H3,(H,19,20)(H,23,24)/t15-,18-/m1/s1. The summed E-state index contributed by atoms with van der Waals surface area (Å²) in [6, 6.07) is 0. The van der Waals surface area contributed by atoms with Crippen molar-refractivity contribution in [1.82, 2.24) is 14.9 Å². The average molecular weight is 337 g/mol. The third-order valence-electron chi connectivity index (χ3n) is 5.20. The van der Waals surface area contributed by atoms with Crippen LogP contribution in [0.3, 0.4) is 0 Å². The number of H-pyrrole nitrogens is 1. The normalized spacial score (nSPS) is 25.3. The van der Waals surface area contributed by atoms with Crippen LogP contribution in [-0.2, 0) is 17.8 Å². The summed E-state index contributed by atoms with van der Waals surface area (Å²) in [6.07, 6.45) is 1.88. The van der Waals surface area contributed by atoms with Gasteiger partial charge in [-0.1, -0.05) is 20.8 Å². The van der Waals surface area contributed by atoms with E-state index >= 15 is 0 Å². The van der Waals surface area contributed by atoms with Gasteiger partial charge in [-0.05, 0) is 32.1 Å². The maximum atomic E-state index is 12.0. The molecule has 0 aromatic carbocycles. The van der Waals surface area contributed by atoms with Gasteiger partial charge >= 0.3 is 5.97 Å². The van der Waals surface area contributed by atoms with Crippen molar-refractivity contribution in [3.8, 4) is 0 Å². The molecule has 1 aliphatic rings. The van der Waals surface area contributed by atoms with Gasteiger partial charge in [0.15, 0.2) is 0 Å². The molecule has 0 spiro atoms. The fourth-order valence-electron chi connectivity index (χ4n) is 3.51. The zero-order chi connectivity index (χ0) is 17.9. The summed E-state index contributed by atoms with van der Waals surface area (Å²) in [5.74, 6) is 0.502. The molecule has 136 valence electrons. The van der Waals surface area contributed by atoms with Crippen molar-refractivity contribution in [1.29, 1.82) is 0 Å². The quantitative estimate of drug-likeness (QED) is 0.711. The molecule has 0 saturated carbocycles. The number of aromatic amines is 1. The Labute approximate surface area is 144 Å². The van der Waals surface area contributed by atoms with Crippen molar-refractivity contribution in [3.63, 3.8) is 0 Å². The van der Waals surface area contributed by atoms with Crippen LogP contribution in [0.4, 0.5) is 0 Å². The number of aromatic nitrogens is 2. The number of aliphatic hydroxyl groups is 1. The first-order valence-electron chi connectivity index (χ1n) is 8.96. The van der Waals surface area contributed by atoms with Gasteiger partial charge in [0.25, 0.3) is 0 Å². The monoisotopic (exact) mass is 337 g/mol. The number of rotatable bonds is 7. The SMILES string of the molecule is CCc1nc(CN2CC[C@@H](O)[C@](CCC(C)C)(C(=O)O)C2)c(C)[nH]1. The second-order valence-electron chi connectivity index (χ2n) is 7.52. The minimum atomic E-state index is -1.07. The zero-order valence-corrected chi connectivity index (χ0v) is 15.3. The number of piperidine rings is 1. The first-order chi connectivity index (χ1) is 11.3. The van der Waals surface area contributed by atoms with Crippen LogP contribution < -0.4 is 0 Å². The summed E-state index contributed by atoms with van der Waals surface area (Å²) in [7, 11) is 0. The molecule has 0 unspecified atom stereocenters. The fourth-order valence-corrected chi connectivity index (χ4v) is 3.51. The minimum absolute atomic E-state index is 0.379. The summed E-state index contributed by atoms with van der Waals surface area (Å²) in [5.41, 5.74) is 0.952. The van der Waals surface area contributed by atoms with Crippen LogP contribution in [-0.4, -0.2) is 50.2 Å². The van der Waals surface area contributed by atoms with E-state index in [0.717, 1.165) is 30.1 Å². The molecular weight excluding hydrogens is 306 g/mol. The highest BCUT2D eigenvalue weighted by molar-refractivity contribution is 5.76. The number of hydrogen-bond donors (Lipinski definition) is 3. The van der Waals surface area contributed by atoms with Crippen LogP contribution in [0, 0.1) is 18.3 Å². The number of nitrogens with zero attached hydrogens (tertiary/aromatic N) is 2. The molecule has 2 rings (SSSR count). The number of imidazole rings is 1. The first-order valence-corrected chi connectivity index (χ1v) is 8.96. The lowest BCUT2D eigenvalue weighted by Gasteiger charge is -2.43. The van der Waals surface area contributed by atoms with E-state index in [4.69, 9.17) is 0 Å². The van der Waals surface area contributed by atoms with Crippen LogP contribution >= 0.6 is 0 Å². The summed E-state index contributed by atoms with van der Waals surface area (Å²) in [5, 5.41) is 20.3. The molecular formula is C18H31N3O3. The second-order valence-corrected chi connectivity index (χ2v) is 7.52. The van der Waals surface area contributed by atoms with Crippen molar-refractivity contribution in [3.05, 3.63) is 17.2 Å². The number of carboxylic acid groups (broad SMARTS) is 1. The van der Waals surface area contributed by atoms with Crippen molar-refractivity contribution in [2.24, 2.45) is 11.3 Å². The predicted octanol–water partition coefficient (Wildman–Crippen LogP) is 2.35. The Hall–Kier alpha value is -1.40. The molecule has 6 nitrogen and oxygen atoms in total. The summed E-state index contributed by atoms with van der Waals surface area (Å²) < 4.78 is 0. The molecule has 3 N–H and O–H groups in total. The number of hydrogen-bond acceptors (Lipinski definition) is 4. The summed E-state index contributed by atoms with van der Waals surface area (Å²) in [4.78, 5) is 22.0. The number of likely N-dealkylation sites (tertiary alicyclic amines) is 1. The van der Waals surface area contributed by atoms with E-state index in [1.807, 2.05) is 6.92 Å². The maximum absolute atomic E-state index is 12.0.